The Labute approximate surface area is 251 Å². The highest BCUT2D eigenvalue weighted by Gasteiger charge is 2.42. The second-order valence-electron chi connectivity index (χ2n) is 13.3. The fraction of sp³-hybridized carbons (Fsp3) is 0.417. The van der Waals surface area contributed by atoms with Crippen LogP contribution in [0, 0.1) is 5.41 Å². The third-order valence-electron chi connectivity index (χ3n) is 7.90. The van der Waals surface area contributed by atoms with Crippen molar-refractivity contribution in [2.45, 2.75) is 91.8 Å². The van der Waals surface area contributed by atoms with Crippen LogP contribution >= 0.6 is 0 Å². The SMILES string of the molecule is CC(C)(Oc1ccc(CCCC2=NN(Cc3ccc(C(C)(C)C)cc3)C(=O)C2(C)C)cc1)C(=O)NCc1ccccc1. The molecule has 2 amide bonds. The summed E-state index contributed by atoms with van der Waals surface area (Å²) >= 11 is 0. The van der Waals surface area contributed by atoms with E-state index in [1.807, 2.05) is 68.4 Å². The fourth-order valence-electron chi connectivity index (χ4n) is 5.03. The predicted octanol–water partition coefficient (Wildman–Crippen LogP) is 7.21. The van der Waals surface area contributed by atoms with Crippen molar-refractivity contribution in [3.8, 4) is 5.75 Å². The lowest BCUT2D eigenvalue weighted by Gasteiger charge is -2.25. The molecule has 0 aliphatic carbocycles. The molecule has 0 aromatic heterocycles. The number of aryl methyl sites for hydroxylation is 1. The summed E-state index contributed by atoms with van der Waals surface area (Å²) in [5, 5.41) is 9.35. The molecule has 3 aromatic rings. The van der Waals surface area contributed by atoms with Crippen molar-refractivity contribution in [3.63, 3.8) is 0 Å². The molecule has 1 N–H and O–H groups in total. The zero-order chi connectivity index (χ0) is 30.5. The van der Waals surface area contributed by atoms with Gasteiger partial charge >= 0.3 is 0 Å². The minimum atomic E-state index is -1.00. The van der Waals surface area contributed by atoms with Crippen LogP contribution in [-0.4, -0.2) is 28.1 Å². The van der Waals surface area contributed by atoms with Crippen LogP contribution < -0.4 is 10.1 Å². The number of amides is 2. The molecule has 0 atom stereocenters. The topological polar surface area (TPSA) is 71.0 Å². The summed E-state index contributed by atoms with van der Waals surface area (Å²) in [5.74, 6) is 0.534. The summed E-state index contributed by atoms with van der Waals surface area (Å²) in [6, 6.07) is 26.2. The first-order valence-electron chi connectivity index (χ1n) is 14.9. The molecule has 0 bridgehead atoms. The summed E-state index contributed by atoms with van der Waals surface area (Å²) in [5.41, 5.74) is 3.99. The van der Waals surface area contributed by atoms with E-state index in [9.17, 15) is 9.59 Å². The molecule has 0 saturated carbocycles. The minimum Gasteiger partial charge on any atom is -0.478 e. The van der Waals surface area contributed by atoms with Gasteiger partial charge in [0.05, 0.1) is 17.7 Å². The first-order chi connectivity index (χ1) is 19.8. The lowest BCUT2D eigenvalue weighted by molar-refractivity contribution is -0.135. The summed E-state index contributed by atoms with van der Waals surface area (Å²) in [6.07, 6.45) is 2.50. The van der Waals surface area contributed by atoms with Crippen molar-refractivity contribution in [2.24, 2.45) is 10.5 Å². The second-order valence-corrected chi connectivity index (χ2v) is 13.3. The molecule has 0 saturated heterocycles. The van der Waals surface area contributed by atoms with Gasteiger partial charge in [0.15, 0.2) is 5.60 Å². The molecule has 0 radical (unpaired) electrons. The van der Waals surface area contributed by atoms with Gasteiger partial charge in [-0.1, -0.05) is 87.5 Å². The van der Waals surface area contributed by atoms with E-state index in [4.69, 9.17) is 9.84 Å². The van der Waals surface area contributed by atoms with Crippen LogP contribution in [0.5, 0.6) is 5.75 Å². The first kappa shape index (κ1) is 31.0. The normalized spacial score (nSPS) is 15.0. The van der Waals surface area contributed by atoms with Gasteiger partial charge in [-0.05, 0) is 86.8 Å². The van der Waals surface area contributed by atoms with Gasteiger partial charge in [0, 0.05) is 6.54 Å². The van der Waals surface area contributed by atoms with Crippen molar-refractivity contribution in [3.05, 3.63) is 101 Å². The average Bonchev–Trinajstić information content (AvgIpc) is 3.15. The lowest BCUT2D eigenvalue weighted by atomic mass is 9.84. The molecule has 1 aliphatic heterocycles. The molecule has 0 spiro atoms. The van der Waals surface area contributed by atoms with Crippen LogP contribution in [0.2, 0.25) is 0 Å². The molecule has 6 heteroatoms. The Bertz CT molecular complexity index is 1400. The first-order valence-corrected chi connectivity index (χ1v) is 14.9. The zero-order valence-electron chi connectivity index (χ0n) is 26.2. The van der Waals surface area contributed by atoms with E-state index in [-0.39, 0.29) is 17.2 Å². The van der Waals surface area contributed by atoms with Gasteiger partial charge in [0.2, 0.25) is 0 Å². The highest BCUT2D eigenvalue weighted by molar-refractivity contribution is 6.11. The second kappa shape index (κ2) is 12.5. The highest BCUT2D eigenvalue weighted by atomic mass is 16.5. The Kier molecular flexibility index (Phi) is 9.24. The van der Waals surface area contributed by atoms with Crippen molar-refractivity contribution < 1.29 is 14.3 Å². The Morgan fingerprint density at radius 3 is 2.07 bits per heavy atom. The number of rotatable bonds is 11. The van der Waals surface area contributed by atoms with Crippen molar-refractivity contribution in [2.75, 3.05) is 0 Å². The van der Waals surface area contributed by atoms with E-state index in [1.54, 1.807) is 18.9 Å². The largest absolute Gasteiger partial charge is 0.478 e. The molecule has 0 unspecified atom stereocenters. The summed E-state index contributed by atoms with van der Waals surface area (Å²) < 4.78 is 6.04. The van der Waals surface area contributed by atoms with Crippen LogP contribution in [0.1, 0.15) is 83.6 Å². The van der Waals surface area contributed by atoms with Gasteiger partial charge in [-0.15, -0.1) is 0 Å². The highest BCUT2D eigenvalue weighted by Crippen LogP contribution is 2.32. The number of carbonyl (C=O) groups is 2. The van der Waals surface area contributed by atoms with E-state index in [0.717, 1.165) is 36.1 Å². The monoisotopic (exact) mass is 567 g/mol. The molecule has 1 aliphatic rings. The molecule has 1 heterocycles. The molecular formula is C36H45N3O3. The maximum atomic E-state index is 13.2. The summed E-state index contributed by atoms with van der Waals surface area (Å²) in [7, 11) is 0. The Hall–Kier alpha value is -3.93. The van der Waals surface area contributed by atoms with E-state index in [1.165, 1.54) is 11.1 Å². The number of nitrogens with one attached hydrogen (secondary N) is 1. The molecule has 3 aromatic carbocycles. The van der Waals surface area contributed by atoms with Crippen LogP contribution in [0.4, 0.5) is 0 Å². The van der Waals surface area contributed by atoms with E-state index < -0.39 is 11.0 Å². The van der Waals surface area contributed by atoms with Gasteiger partial charge in [-0.3, -0.25) is 9.59 Å². The Balaban J connectivity index is 1.28. The standard InChI is InChI=1S/C36H45N3O3/c1-34(2,3)29-20-16-28(17-21-29)25-39-33(41)35(4,5)31(38-39)15-11-14-26-18-22-30(23-19-26)42-36(6,7)32(40)37-24-27-12-9-8-10-13-27/h8-10,12-13,16-23H,11,14-15,24-25H2,1-7H3,(H,37,40). The number of nitrogens with zero attached hydrogens (tertiary/aromatic N) is 2. The zero-order valence-corrected chi connectivity index (χ0v) is 26.2. The lowest BCUT2D eigenvalue weighted by Crippen LogP contribution is -2.46. The van der Waals surface area contributed by atoms with Crippen LogP contribution in [0.25, 0.3) is 0 Å². The number of ether oxygens (including phenoxy) is 1. The van der Waals surface area contributed by atoms with Gasteiger partial charge in [0.1, 0.15) is 5.75 Å². The van der Waals surface area contributed by atoms with E-state index in [2.05, 4.69) is 50.4 Å². The number of hydrogen-bond donors (Lipinski definition) is 1. The van der Waals surface area contributed by atoms with Gasteiger partial charge in [0.25, 0.3) is 11.8 Å². The van der Waals surface area contributed by atoms with Gasteiger partial charge in [-0.2, -0.15) is 5.10 Å². The van der Waals surface area contributed by atoms with Crippen molar-refractivity contribution in [1.29, 1.82) is 0 Å². The van der Waals surface area contributed by atoms with Crippen molar-refractivity contribution >= 4 is 17.5 Å². The van der Waals surface area contributed by atoms with Crippen molar-refractivity contribution in [1.82, 2.24) is 10.3 Å². The maximum absolute atomic E-state index is 13.2. The minimum absolute atomic E-state index is 0.0503. The number of hydrazone groups is 1. The third-order valence-corrected chi connectivity index (χ3v) is 7.90. The number of carbonyl (C=O) groups excluding carboxylic acids is 2. The van der Waals surface area contributed by atoms with Gasteiger partial charge < -0.3 is 10.1 Å². The van der Waals surface area contributed by atoms with Crippen LogP contribution in [0.3, 0.4) is 0 Å². The molecular weight excluding hydrogens is 522 g/mol. The fourth-order valence-corrected chi connectivity index (χ4v) is 5.03. The Morgan fingerprint density at radius 1 is 0.833 bits per heavy atom. The molecule has 6 nitrogen and oxygen atoms in total. The van der Waals surface area contributed by atoms with E-state index >= 15 is 0 Å². The predicted molar refractivity (Wildman–Crippen MR) is 169 cm³/mol. The summed E-state index contributed by atoms with van der Waals surface area (Å²) in [4.78, 5) is 25.9. The van der Waals surface area contributed by atoms with Gasteiger partial charge in [-0.25, -0.2) is 5.01 Å². The molecule has 0 fully saturated rings. The molecule has 222 valence electrons. The molecule has 4 rings (SSSR count). The quantitative estimate of drug-likeness (QED) is 0.266. The molecule has 42 heavy (non-hydrogen) atoms. The number of hydrogen-bond acceptors (Lipinski definition) is 4. The maximum Gasteiger partial charge on any atom is 0.263 e. The van der Waals surface area contributed by atoms with E-state index in [0.29, 0.717) is 18.8 Å². The third kappa shape index (κ3) is 7.67. The summed E-state index contributed by atoms with van der Waals surface area (Å²) in [6.45, 7) is 15.0. The van der Waals surface area contributed by atoms with Crippen LogP contribution in [0.15, 0.2) is 84.0 Å². The number of benzene rings is 3. The Morgan fingerprint density at radius 2 is 1.45 bits per heavy atom. The average molecular weight is 568 g/mol. The smallest absolute Gasteiger partial charge is 0.263 e. The van der Waals surface area contributed by atoms with Crippen LogP contribution in [-0.2, 0) is 34.5 Å².